The molecule has 0 bridgehead atoms. The van der Waals surface area contributed by atoms with Crippen molar-refractivity contribution in [2.45, 2.75) is 37.1 Å². The highest BCUT2D eigenvalue weighted by molar-refractivity contribution is 5.83. The number of carbonyl (C=O) groups excluding carboxylic acids is 1. The molecule has 0 aromatic heterocycles. The summed E-state index contributed by atoms with van der Waals surface area (Å²) in [5.74, 6) is -3.34. The van der Waals surface area contributed by atoms with Gasteiger partial charge < -0.3 is 14.7 Å². The quantitative estimate of drug-likeness (QED) is 0.762. The monoisotopic (exact) mass is 267 g/mol. The number of morpholine rings is 1. The highest BCUT2D eigenvalue weighted by atomic mass is 19.4. The molecular weight excluding hydrogens is 255 g/mol. The molecule has 2 fully saturated rings. The lowest BCUT2D eigenvalue weighted by Gasteiger charge is -2.50. The summed E-state index contributed by atoms with van der Waals surface area (Å²) in [6, 6.07) is 0. The Bertz CT molecular complexity index is 378. The number of ether oxygens (including phenoxy) is 1. The number of halogens is 3. The summed E-state index contributed by atoms with van der Waals surface area (Å²) in [5.41, 5.74) is -0.901. The number of carboxylic acid groups (broad SMARTS) is 1. The molecule has 0 aromatic rings. The summed E-state index contributed by atoms with van der Waals surface area (Å²) in [4.78, 5) is 22.6. The van der Waals surface area contributed by atoms with Crippen molar-refractivity contribution in [3.63, 3.8) is 0 Å². The Kier molecular flexibility index (Phi) is 3.00. The number of hydrogen-bond acceptors (Lipinski definition) is 3. The van der Waals surface area contributed by atoms with Gasteiger partial charge in [-0.05, 0) is 19.3 Å². The Labute approximate surface area is 100 Å². The second-order valence-corrected chi connectivity index (χ2v) is 4.66. The van der Waals surface area contributed by atoms with Crippen molar-refractivity contribution in [1.82, 2.24) is 4.90 Å². The molecule has 18 heavy (non-hydrogen) atoms. The Hall–Kier alpha value is -1.31. The molecule has 0 aromatic carbocycles. The van der Waals surface area contributed by atoms with Crippen molar-refractivity contribution in [3.8, 4) is 0 Å². The molecule has 102 valence electrons. The number of carbonyl (C=O) groups is 2. The van der Waals surface area contributed by atoms with Crippen LogP contribution in [-0.4, -0.2) is 52.9 Å². The van der Waals surface area contributed by atoms with Crippen LogP contribution >= 0.6 is 0 Å². The summed E-state index contributed by atoms with van der Waals surface area (Å²) in [6.45, 7) is -0.745. The first-order chi connectivity index (χ1) is 8.23. The van der Waals surface area contributed by atoms with Gasteiger partial charge in [0.25, 0.3) is 0 Å². The van der Waals surface area contributed by atoms with E-state index in [1.165, 1.54) is 0 Å². The fourth-order valence-corrected chi connectivity index (χ4v) is 2.30. The molecule has 1 unspecified atom stereocenters. The molecule has 1 heterocycles. The van der Waals surface area contributed by atoms with Crippen molar-refractivity contribution in [1.29, 1.82) is 0 Å². The van der Waals surface area contributed by atoms with Gasteiger partial charge >= 0.3 is 18.1 Å². The van der Waals surface area contributed by atoms with E-state index in [0.717, 1.165) is 6.42 Å². The van der Waals surface area contributed by atoms with Gasteiger partial charge in [-0.3, -0.25) is 4.79 Å². The van der Waals surface area contributed by atoms with Gasteiger partial charge in [-0.25, -0.2) is 4.79 Å². The van der Waals surface area contributed by atoms with E-state index in [1.54, 1.807) is 0 Å². The van der Waals surface area contributed by atoms with E-state index >= 15 is 0 Å². The average Bonchev–Trinajstić information content (AvgIpc) is 2.24. The summed E-state index contributed by atoms with van der Waals surface area (Å²) in [7, 11) is 0. The van der Waals surface area contributed by atoms with E-state index in [-0.39, 0.29) is 6.54 Å². The summed E-state index contributed by atoms with van der Waals surface area (Å²) < 4.78 is 42.4. The lowest BCUT2D eigenvalue weighted by atomic mass is 9.78. The first-order valence-corrected chi connectivity index (χ1v) is 5.50. The van der Waals surface area contributed by atoms with Gasteiger partial charge in [-0.15, -0.1) is 0 Å². The molecule has 5 nitrogen and oxygen atoms in total. The number of rotatable bonds is 1. The maximum absolute atomic E-state index is 12.4. The van der Waals surface area contributed by atoms with Crippen LogP contribution in [0.15, 0.2) is 0 Å². The van der Waals surface area contributed by atoms with Crippen LogP contribution < -0.4 is 0 Å². The third-order valence-corrected chi connectivity index (χ3v) is 3.33. The van der Waals surface area contributed by atoms with Crippen LogP contribution in [0.1, 0.15) is 19.3 Å². The zero-order chi connectivity index (χ0) is 13.6. The second-order valence-electron chi connectivity index (χ2n) is 4.66. The van der Waals surface area contributed by atoms with Crippen LogP contribution in [0.25, 0.3) is 0 Å². The molecule has 0 radical (unpaired) electrons. The number of hydrogen-bond donors (Lipinski definition) is 1. The molecule has 1 aliphatic carbocycles. The standard InChI is InChI=1S/C10H12F3NO4/c11-10(12,13)8(17)14-4-6(7(15)16)18-9(5-14)2-1-3-9/h6H,1-5H2,(H,15,16). The van der Waals surface area contributed by atoms with E-state index < -0.39 is 36.3 Å². The first-order valence-electron chi connectivity index (χ1n) is 5.50. The van der Waals surface area contributed by atoms with Gasteiger partial charge in [0, 0.05) is 0 Å². The van der Waals surface area contributed by atoms with Crippen LogP contribution in [0.3, 0.4) is 0 Å². The molecule has 1 saturated heterocycles. The minimum Gasteiger partial charge on any atom is -0.479 e. The molecular formula is C10H12F3NO4. The van der Waals surface area contributed by atoms with Crippen molar-refractivity contribution < 1.29 is 32.6 Å². The van der Waals surface area contributed by atoms with Gasteiger partial charge in [-0.1, -0.05) is 0 Å². The number of nitrogens with zero attached hydrogens (tertiary/aromatic N) is 1. The van der Waals surface area contributed by atoms with Crippen LogP contribution in [-0.2, 0) is 14.3 Å². The normalized spacial score (nSPS) is 26.8. The zero-order valence-electron chi connectivity index (χ0n) is 9.37. The third-order valence-electron chi connectivity index (χ3n) is 3.33. The van der Waals surface area contributed by atoms with Crippen LogP contribution in [0.2, 0.25) is 0 Å². The second kappa shape index (κ2) is 4.11. The molecule has 2 aliphatic rings. The number of carboxylic acids is 1. The van der Waals surface area contributed by atoms with Gasteiger partial charge in [0.05, 0.1) is 18.7 Å². The SMILES string of the molecule is O=C(O)C1CN(C(=O)C(F)(F)F)CC2(CCC2)O1. The molecule has 1 saturated carbocycles. The molecule has 1 atom stereocenters. The lowest BCUT2D eigenvalue weighted by molar-refractivity contribution is -0.222. The number of aliphatic carboxylic acids is 1. The smallest absolute Gasteiger partial charge is 0.471 e. The van der Waals surface area contributed by atoms with Gasteiger partial charge in [0.15, 0.2) is 6.10 Å². The van der Waals surface area contributed by atoms with Gasteiger partial charge in [0.1, 0.15) is 0 Å². The van der Waals surface area contributed by atoms with Crippen LogP contribution in [0.5, 0.6) is 0 Å². The fourth-order valence-electron chi connectivity index (χ4n) is 2.30. The van der Waals surface area contributed by atoms with E-state index in [1.807, 2.05) is 0 Å². The Morgan fingerprint density at radius 2 is 1.94 bits per heavy atom. The summed E-state index contributed by atoms with van der Waals surface area (Å²) in [5, 5.41) is 8.85. The fraction of sp³-hybridized carbons (Fsp3) is 0.800. The first kappa shape index (κ1) is 13.1. The lowest BCUT2D eigenvalue weighted by Crippen LogP contribution is -2.63. The van der Waals surface area contributed by atoms with Crippen LogP contribution in [0.4, 0.5) is 13.2 Å². The maximum Gasteiger partial charge on any atom is 0.471 e. The van der Waals surface area contributed by atoms with E-state index in [9.17, 15) is 22.8 Å². The third kappa shape index (κ3) is 2.29. The van der Waals surface area contributed by atoms with Crippen molar-refractivity contribution in [2.75, 3.05) is 13.1 Å². The topological polar surface area (TPSA) is 66.8 Å². The highest BCUT2D eigenvalue weighted by Crippen LogP contribution is 2.40. The maximum atomic E-state index is 12.4. The highest BCUT2D eigenvalue weighted by Gasteiger charge is 2.52. The van der Waals surface area contributed by atoms with E-state index in [2.05, 4.69) is 0 Å². The molecule has 1 amide bonds. The van der Waals surface area contributed by atoms with Crippen molar-refractivity contribution >= 4 is 11.9 Å². The summed E-state index contributed by atoms with van der Waals surface area (Å²) >= 11 is 0. The average molecular weight is 267 g/mol. The predicted octanol–water partition coefficient (Wildman–Crippen LogP) is 0.783. The van der Waals surface area contributed by atoms with Crippen LogP contribution in [0, 0.1) is 0 Å². The van der Waals surface area contributed by atoms with Gasteiger partial charge in [0.2, 0.25) is 0 Å². The summed E-state index contributed by atoms with van der Waals surface area (Å²) in [6.07, 6.45) is -4.63. The van der Waals surface area contributed by atoms with E-state index in [0.29, 0.717) is 17.7 Å². The molecule has 1 spiro atoms. The van der Waals surface area contributed by atoms with E-state index in [4.69, 9.17) is 9.84 Å². The Morgan fingerprint density at radius 3 is 2.33 bits per heavy atom. The predicted molar refractivity (Wildman–Crippen MR) is 51.7 cm³/mol. The number of alkyl halides is 3. The minimum absolute atomic E-state index is 0.185. The number of amides is 1. The van der Waals surface area contributed by atoms with Gasteiger partial charge in [-0.2, -0.15) is 13.2 Å². The molecule has 8 heteroatoms. The molecule has 2 rings (SSSR count). The largest absolute Gasteiger partial charge is 0.479 e. The zero-order valence-corrected chi connectivity index (χ0v) is 9.37. The molecule has 1 aliphatic heterocycles. The molecule has 1 N–H and O–H groups in total. The van der Waals surface area contributed by atoms with Crippen molar-refractivity contribution in [3.05, 3.63) is 0 Å². The Balaban J connectivity index is 2.16. The minimum atomic E-state index is -4.98. The Morgan fingerprint density at radius 1 is 1.33 bits per heavy atom. The van der Waals surface area contributed by atoms with Crippen molar-refractivity contribution in [2.24, 2.45) is 0 Å².